The Bertz CT molecular complexity index is 1380. The van der Waals surface area contributed by atoms with Gasteiger partial charge >= 0.3 is 12.1 Å². The predicted molar refractivity (Wildman–Crippen MR) is 148 cm³/mol. The van der Waals surface area contributed by atoms with Crippen molar-refractivity contribution in [1.82, 2.24) is 4.98 Å². The third-order valence-electron chi connectivity index (χ3n) is 7.21. The molecule has 0 atom stereocenters. The SMILES string of the molecule is Cc1nc(Cc2ccc(Oc3ccc(N(C(=O)[C@H]4CC[C@H](C)CC4)C(C)C)c(C(=O)O)c3)c(C(F)(F)F)c2)cs1. The van der Waals surface area contributed by atoms with Crippen LogP contribution in [0, 0.1) is 18.8 Å². The van der Waals surface area contributed by atoms with Gasteiger partial charge in [0.15, 0.2) is 0 Å². The molecule has 1 aliphatic carbocycles. The zero-order valence-electron chi connectivity index (χ0n) is 22.9. The van der Waals surface area contributed by atoms with E-state index in [2.05, 4.69) is 11.9 Å². The lowest BCUT2D eigenvalue weighted by Crippen LogP contribution is -2.42. The van der Waals surface area contributed by atoms with Gasteiger partial charge in [-0.3, -0.25) is 4.79 Å². The molecule has 0 aliphatic heterocycles. The van der Waals surface area contributed by atoms with Crippen LogP contribution in [-0.2, 0) is 17.4 Å². The fourth-order valence-corrected chi connectivity index (χ4v) is 5.75. The Morgan fingerprint density at radius 2 is 1.82 bits per heavy atom. The Morgan fingerprint density at radius 3 is 2.40 bits per heavy atom. The summed E-state index contributed by atoms with van der Waals surface area (Å²) in [5.41, 5.74) is 0.118. The van der Waals surface area contributed by atoms with Crippen LogP contribution in [-0.4, -0.2) is 28.0 Å². The molecule has 0 saturated heterocycles. The quantitative estimate of drug-likeness (QED) is 0.294. The number of thiazole rings is 1. The van der Waals surface area contributed by atoms with Gasteiger partial charge in [-0.2, -0.15) is 13.2 Å². The number of carboxylic acid groups (broad SMARTS) is 1. The van der Waals surface area contributed by atoms with E-state index in [-0.39, 0.29) is 41.3 Å². The van der Waals surface area contributed by atoms with Crippen LogP contribution in [0.1, 0.15) is 78.6 Å². The number of aromatic nitrogens is 1. The standard InChI is InChI=1S/C30H33F3N2O4S/c1-17(2)35(28(36)21-8-5-18(3)6-9-21)26-11-10-23(15-24(26)29(37)38)39-27-12-7-20(14-25(27)30(31,32)33)13-22-16-40-19(4)34-22/h7,10-12,14-18,21H,5-6,8-9,13H2,1-4H3,(H,37,38)/t18-,21-. The summed E-state index contributed by atoms with van der Waals surface area (Å²) in [6, 6.07) is 7.50. The highest BCUT2D eigenvalue weighted by atomic mass is 32.1. The summed E-state index contributed by atoms with van der Waals surface area (Å²) in [6.45, 7) is 7.60. The molecular weight excluding hydrogens is 541 g/mol. The van der Waals surface area contributed by atoms with Crippen molar-refractivity contribution in [2.45, 2.75) is 72.0 Å². The first-order chi connectivity index (χ1) is 18.8. The highest BCUT2D eigenvalue weighted by molar-refractivity contribution is 7.09. The lowest BCUT2D eigenvalue weighted by atomic mass is 9.82. The van der Waals surface area contributed by atoms with Crippen LogP contribution >= 0.6 is 11.3 Å². The van der Waals surface area contributed by atoms with Gasteiger partial charge in [-0.05, 0) is 88.3 Å². The summed E-state index contributed by atoms with van der Waals surface area (Å²) in [6.07, 6.45) is -1.10. The largest absolute Gasteiger partial charge is 0.478 e. The fraction of sp³-hybridized carbons (Fsp3) is 0.433. The maximum absolute atomic E-state index is 14.0. The lowest BCUT2D eigenvalue weighted by molar-refractivity contribution is -0.138. The minimum absolute atomic E-state index is 0.0721. The summed E-state index contributed by atoms with van der Waals surface area (Å²) in [7, 11) is 0. The first-order valence-corrected chi connectivity index (χ1v) is 14.2. The molecule has 1 fully saturated rings. The van der Waals surface area contributed by atoms with E-state index in [1.807, 2.05) is 26.2 Å². The number of amides is 1. The molecule has 1 heterocycles. The molecule has 0 spiro atoms. The molecule has 214 valence electrons. The minimum atomic E-state index is -4.70. The normalized spacial score (nSPS) is 17.6. The van der Waals surface area contributed by atoms with E-state index >= 15 is 0 Å². The Hall–Kier alpha value is -3.40. The van der Waals surface area contributed by atoms with Crippen molar-refractivity contribution in [3.8, 4) is 11.5 Å². The number of hydrogen-bond acceptors (Lipinski definition) is 5. The van der Waals surface area contributed by atoms with Crippen molar-refractivity contribution in [2.75, 3.05) is 4.90 Å². The second kappa shape index (κ2) is 12.0. The smallest absolute Gasteiger partial charge is 0.419 e. The number of carbonyl (C=O) groups is 2. The number of rotatable bonds is 8. The third-order valence-corrected chi connectivity index (χ3v) is 8.03. The predicted octanol–water partition coefficient (Wildman–Crippen LogP) is 8.12. The fourth-order valence-electron chi connectivity index (χ4n) is 5.14. The zero-order valence-corrected chi connectivity index (χ0v) is 23.7. The van der Waals surface area contributed by atoms with Crippen LogP contribution in [0.2, 0.25) is 0 Å². The van der Waals surface area contributed by atoms with Crippen LogP contribution in [0.4, 0.5) is 18.9 Å². The summed E-state index contributed by atoms with van der Waals surface area (Å²) in [5, 5.41) is 12.6. The first kappa shape index (κ1) is 29.6. The minimum Gasteiger partial charge on any atom is -0.478 e. The number of nitrogens with zero attached hydrogens (tertiary/aromatic N) is 2. The molecule has 0 radical (unpaired) electrons. The van der Waals surface area contributed by atoms with Crippen LogP contribution in [0.5, 0.6) is 11.5 Å². The highest BCUT2D eigenvalue weighted by Crippen LogP contribution is 2.40. The van der Waals surface area contributed by atoms with Crippen LogP contribution < -0.4 is 9.64 Å². The topological polar surface area (TPSA) is 79.7 Å². The molecule has 40 heavy (non-hydrogen) atoms. The first-order valence-electron chi connectivity index (χ1n) is 13.3. The molecule has 2 aromatic carbocycles. The number of ether oxygens (including phenoxy) is 1. The summed E-state index contributed by atoms with van der Waals surface area (Å²) < 4.78 is 47.6. The molecule has 1 N–H and O–H groups in total. The number of hydrogen-bond donors (Lipinski definition) is 1. The van der Waals surface area contributed by atoms with E-state index in [9.17, 15) is 27.9 Å². The summed E-state index contributed by atoms with van der Waals surface area (Å²) in [4.78, 5) is 31.6. The maximum Gasteiger partial charge on any atom is 0.419 e. The molecular formula is C30H33F3N2O4S. The average molecular weight is 575 g/mol. The number of alkyl halides is 3. The van der Waals surface area contributed by atoms with Crippen molar-refractivity contribution < 1.29 is 32.6 Å². The number of carboxylic acids is 1. The van der Waals surface area contributed by atoms with E-state index in [4.69, 9.17) is 4.74 Å². The molecule has 0 unspecified atom stereocenters. The van der Waals surface area contributed by atoms with Crippen LogP contribution in [0.3, 0.4) is 0 Å². The summed E-state index contributed by atoms with van der Waals surface area (Å²) in [5.74, 6) is -1.60. The van der Waals surface area contributed by atoms with E-state index in [0.717, 1.165) is 36.8 Å². The van der Waals surface area contributed by atoms with Gasteiger partial charge in [0.1, 0.15) is 11.5 Å². The number of carbonyl (C=O) groups excluding carboxylic acids is 1. The second-order valence-electron chi connectivity index (χ2n) is 10.7. The van der Waals surface area contributed by atoms with Crippen molar-refractivity contribution >= 4 is 28.9 Å². The number of aryl methyl sites for hydroxylation is 1. The molecule has 1 saturated carbocycles. The average Bonchev–Trinajstić information content (AvgIpc) is 3.29. The maximum atomic E-state index is 14.0. The number of benzene rings is 2. The van der Waals surface area contributed by atoms with Gasteiger partial charge in [0.25, 0.3) is 0 Å². The van der Waals surface area contributed by atoms with Crippen molar-refractivity contribution in [1.29, 1.82) is 0 Å². The van der Waals surface area contributed by atoms with E-state index in [1.165, 1.54) is 46.6 Å². The molecule has 3 aromatic rings. The zero-order chi connectivity index (χ0) is 29.2. The number of aromatic carboxylic acids is 1. The van der Waals surface area contributed by atoms with Gasteiger partial charge in [-0.1, -0.05) is 13.0 Å². The molecule has 10 heteroatoms. The molecule has 1 amide bonds. The van der Waals surface area contributed by atoms with E-state index < -0.39 is 23.5 Å². The van der Waals surface area contributed by atoms with Crippen molar-refractivity contribution in [3.05, 3.63) is 69.2 Å². The Balaban J connectivity index is 1.64. The lowest BCUT2D eigenvalue weighted by Gasteiger charge is -2.34. The van der Waals surface area contributed by atoms with E-state index in [1.54, 1.807) is 0 Å². The van der Waals surface area contributed by atoms with Gasteiger partial charge in [-0.15, -0.1) is 11.3 Å². The summed E-state index contributed by atoms with van der Waals surface area (Å²) >= 11 is 1.43. The Labute approximate surface area is 235 Å². The van der Waals surface area contributed by atoms with Gasteiger partial charge in [0, 0.05) is 23.8 Å². The van der Waals surface area contributed by atoms with Crippen molar-refractivity contribution in [3.63, 3.8) is 0 Å². The molecule has 6 nitrogen and oxygen atoms in total. The van der Waals surface area contributed by atoms with Gasteiger partial charge in [0.2, 0.25) is 5.91 Å². The molecule has 4 rings (SSSR count). The van der Waals surface area contributed by atoms with Crippen molar-refractivity contribution in [2.24, 2.45) is 11.8 Å². The van der Waals surface area contributed by atoms with Gasteiger partial charge in [-0.25, -0.2) is 9.78 Å². The number of halogens is 3. The number of anilines is 1. The Morgan fingerprint density at radius 1 is 1.12 bits per heavy atom. The van der Waals surface area contributed by atoms with Gasteiger partial charge in [0.05, 0.1) is 27.5 Å². The molecule has 0 bridgehead atoms. The van der Waals surface area contributed by atoms with Gasteiger partial charge < -0.3 is 14.7 Å². The molecule has 1 aromatic heterocycles. The second-order valence-corrected chi connectivity index (χ2v) is 11.8. The highest BCUT2D eigenvalue weighted by Gasteiger charge is 2.36. The molecule has 1 aliphatic rings. The van der Waals surface area contributed by atoms with E-state index in [0.29, 0.717) is 17.2 Å². The Kier molecular flexibility index (Phi) is 8.87. The monoisotopic (exact) mass is 574 g/mol. The third kappa shape index (κ3) is 6.83. The van der Waals surface area contributed by atoms with Crippen LogP contribution in [0.25, 0.3) is 0 Å². The van der Waals surface area contributed by atoms with Crippen LogP contribution in [0.15, 0.2) is 41.8 Å².